The summed E-state index contributed by atoms with van der Waals surface area (Å²) >= 11 is 0. The number of hydrogen-bond acceptors (Lipinski definition) is 2. The van der Waals surface area contributed by atoms with E-state index in [2.05, 4.69) is 5.32 Å². The van der Waals surface area contributed by atoms with Crippen molar-refractivity contribution in [3.05, 3.63) is 59.2 Å². The Morgan fingerprint density at radius 2 is 1.90 bits per heavy atom. The van der Waals surface area contributed by atoms with E-state index in [4.69, 9.17) is 4.74 Å². The molecular formula is C16H14F3NO. The Bertz CT molecular complexity index is 652. The summed E-state index contributed by atoms with van der Waals surface area (Å²) in [6, 6.07) is 10.8. The quantitative estimate of drug-likeness (QED) is 0.913. The Balaban J connectivity index is 1.76. The first-order valence-corrected chi connectivity index (χ1v) is 6.69. The van der Waals surface area contributed by atoms with Crippen LogP contribution in [0.4, 0.5) is 18.9 Å². The molecular weight excluding hydrogens is 279 g/mol. The molecule has 1 N–H and O–H groups in total. The van der Waals surface area contributed by atoms with E-state index in [0.29, 0.717) is 0 Å². The van der Waals surface area contributed by atoms with Crippen LogP contribution in [-0.4, -0.2) is 6.54 Å². The lowest BCUT2D eigenvalue weighted by Crippen LogP contribution is -2.05. The summed E-state index contributed by atoms with van der Waals surface area (Å²) in [5, 5.41) is 3.26. The third-order valence-corrected chi connectivity index (χ3v) is 3.52. The molecule has 0 saturated heterocycles. The molecule has 0 radical (unpaired) electrons. The van der Waals surface area contributed by atoms with E-state index < -0.39 is 11.7 Å². The van der Waals surface area contributed by atoms with Crippen LogP contribution in [0.5, 0.6) is 5.75 Å². The van der Waals surface area contributed by atoms with Crippen LogP contribution in [0.3, 0.4) is 0 Å². The molecule has 0 fully saturated rings. The molecule has 0 amide bonds. The second-order valence-electron chi connectivity index (χ2n) is 4.93. The van der Waals surface area contributed by atoms with Crippen molar-refractivity contribution in [2.75, 3.05) is 11.9 Å². The number of anilines is 1. The lowest BCUT2D eigenvalue weighted by atomic mass is 10.1. The number of alkyl halides is 3. The van der Waals surface area contributed by atoms with Crippen molar-refractivity contribution in [1.29, 1.82) is 0 Å². The summed E-state index contributed by atoms with van der Waals surface area (Å²) in [5.41, 5.74) is 2.58. The van der Waals surface area contributed by atoms with Gasteiger partial charge in [-0.25, -0.2) is 0 Å². The minimum absolute atomic E-state index is 0.230. The molecule has 1 aliphatic rings. The van der Waals surface area contributed by atoms with E-state index in [-0.39, 0.29) is 12.4 Å². The van der Waals surface area contributed by atoms with E-state index in [1.54, 1.807) is 0 Å². The molecule has 1 aliphatic heterocycles. The summed E-state index contributed by atoms with van der Waals surface area (Å²) in [6.45, 7) is 1.15. The first-order valence-electron chi connectivity index (χ1n) is 6.69. The summed E-state index contributed by atoms with van der Waals surface area (Å²) < 4.78 is 43.5. The van der Waals surface area contributed by atoms with Gasteiger partial charge in [0.05, 0.1) is 5.56 Å². The topological polar surface area (TPSA) is 21.3 Å². The van der Waals surface area contributed by atoms with Gasteiger partial charge in [-0.15, -0.1) is 0 Å². The largest absolute Gasteiger partial charge is 0.489 e. The normalized spacial score (nSPS) is 13.7. The maximum atomic E-state index is 12.6. The average molecular weight is 293 g/mol. The SMILES string of the molecule is FC(F)(F)c1cccc(OCc2cccc3c2CCN3)c1. The van der Waals surface area contributed by atoms with Crippen LogP contribution < -0.4 is 10.1 Å². The lowest BCUT2D eigenvalue weighted by molar-refractivity contribution is -0.137. The molecule has 3 rings (SSSR count). The van der Waals surface area contributed by atoms with Gasteiger partial charge in [-0.1, -0.05) is 18.2 Å². The van der Waals surface area contributed by atoms with Crippen LogP contribution in [0.1, 0.15) is 16.7 Å². The number of halogens is 3. The molecule has 2 aromatic rings. The Morgan fingerprint density at radius 3 is 2.71 bits per heavy atom. The maximum absolute atomic E-state index is 12.6. The summed E-state index contributed by atoms with van der Waals surface area (Å²) in [7, 11) is 0. The van der Waals surface area contributed by atoms with Crippen molar-refractivity contribution in [1.82, 2.24) is 0 Å². The molecule has 0 saturated carbocycles. The van der Waals surface area contributed by atoms with Crippen molar-refractivity contribution >= 4 is 5.69 Å². The number of nitrogens with one attached hydrogen (secondary N) is 1. The van der Waals surface area contributed by atoms with Gasteiger partial charge in [-0.05, 0) is 41.8 Å². The smallest absolute Gasteiger partial charge is 0.416 e. The monoisotopic (exact) mass is 293 g/mol. The van der Waals surface area contributed by atoms with Gasteiger partial charge in [0, 0.05) is 12.2 Å². The second-order valence-corrected chi connectivity index (χ2v) is 4.93. The van der Waals surface area contributed by atoms with Gasteiger partial charge in [0.25, 0.3) is 0 Å². The standard InChI is InChI=1S/C16H14F3NO/c17-16(18,19)12-4-2-5-13(9-12)21-10-11-3-1-6-15-14(11)7-8-20-15/h1-6,9,20H,7-8,10H2. The first kappa shape index (κ1) is 13.8. The van der Waals surface area contributed by atoms with Crippen LogP contribution in [0.2, 0.25) is 0 Å². The molecule has 5 heteroatoms. The van der Waals surface area contributed by atoms with Crippen LogP contribution >= 0.6 is 0 Å². The van der Waals surface area contributed by atoms with E-state index in [0.717, 1.165) is 36.3 Å². The van der Waals surface area contributed by atoms with E-state index in [9.17, 15) is 13.2 Å². The summed E-state index contributed by atoms with van der Waals surface area (Å²) in [5.74, 6) is 0.230. The van der Waals surface area contributed by atoms with Crippen molar-refractivity contribution in [2.24, 2.45) is 0 Å². The molecule has 0 aliphatic carbocycles. The van der Waals surface area contributed by atoms with Gasteiger partial charge >= 0.3 is 6.18 Å². The highest BCUT2D eigenvalue weighted by atomic mass is 19.4. The van der Waals surface area contributed by atoms with Crippen molar-refractivity contribution in [3.8, 4) is 5.75 Å². The molecule has 0 spiro atoms. The molecule has 0 atom stereocenters. The van der Waals surface area contributed by atoms with Crippen LogP contribution in [0, 0.1) is 0 Å². The predicted molar refractivity (Wildman–Crippen MR) is 74.4 cm³/mol. The number of fused-ring (bicyclic) bond motifs is 1. The lowest BCUT2D eigenvalue weighted by Gasteiger charge is -2.12. The fourth-order valence-corrected chi connectivity index (χ4v) is 2.48. The van der Waals surface area contributed by atoms with Crippen molar-refractivity contribution < 1.29 is 17.9 Å². The third kappa shape index (κ3) is 2.96. The molecule has 110 valence electrons. The van der Waals surface area contributed by atoms with Crippen LogP contribution in [-0.2, 0) is 19.2 Å². The number of ether oxygens (including phenoxy) is 1. The fraction of sp³-hybridized carbons (Fsp3) is 0.250. The molecule has 2 nitrogen and oxygen atoms in total. The Hall–Kier alpha value is -2.17. The number of rotatable bonds is 3. The zero-order valence-corrected chi connectivity index (χ0v) is 11.2. The second kappa shape index (κ2) is 5.31. The summed E-state index contributed by atoms with van der Waals surface area (Å²) in [4.78, 5) is 0. The minimum Gasteiger partial charge on any atom is -0.489 e. The minimum atomic E-state index is -4.35. The molecule has 0 unspecified atom stereocenters. The molecule has 2 aromatic carbocycles. The molecule has 21 heavy (non-hydrogen) atoms. The first-order chi connectivity index (χ1) is 10.0. The van der Waals surface area contributed by atoms with E-state index in [1.807, 2.05) is 18.2 Å². The fourth-order valence-electron chi connectivity index (χ4n) is 2.48. The van der Waals surface area contributed by atoms with E-state index >= 15 is 0 Å². The Kier molecular flexibility index (Phi) is 3.49. The van der Waals surface area contributed by atoms with Gasteiger partial charge in [0.15, 0.2) is 0 Å². The molecule has 0 aromatic heterocycles. The van der Waals surface area contributed by atoms with E-state index in [1.165, 1.54) is 17.7 Å². The van der Waals surface area contributed by atoms with Gasteiger partial charge in [0.1, 0.15) is 12.4 Å². The van der Waals surface area contributed by atoms with Gasteiger partial charge in [0.2, 0.25) is 0 Å². The van der Waals surface area contributed by atoms with Crippen LogP contribution in [0.15, 0.2) is 42.5 Å². The zero-order valence-electron chi connectivity index (χ0n) is 11.2. The van der Waals surface area contributed by atoms with Gasteiger partial charge in [-0.2, -0.15) is 13.2 Å². The Morgan fingerprint density at radius 1 is 1.10 bits per heavy atom. The maximum Gasteiger partial charge on any atom is 0.416 e. The van der Waals surface area contributed by atoms with Crippen molar-refractivity contribution in [2.45, 2.75) is 19.2 Å². The van der Waals surface area contributed by atoms with Crippen LogP contribution in [0.25, 0.3) is 0 Å². The highest BCUT2D eigenvalue weighted by Crippen LogP contribution is 2.32. The van der Waals surface area contributed by atoms with Gasteiger partial charge in [-0.3, -0.25) is 0 Å². The highest BCUT2D eigenvalue weighted by Gasteiger charge is 2.30. The number of benzene rings is 2. The van der Waals surface area contributed by atoms with Gasteiger partial charge < -0.3 is 10.1 Å². The average Bonchev–Trinajstić information content (AvgIpc) is 2.93. The third-order valence-electron chi connectivity index (χ3n) is 3.52. The Labute approximate surface area is 120 Å². The van der Waals surface area contributed by atoms with Crippen molar-refractivity contribution in [3.63, 3.8) is 0 Å². The summed E-state index contributed by atoms with van der Waals surface area (Å²) in [6.07, 6.45) is -3.44. The molecule has 0 bridgehead atoms. The zero-order chi connectivity index (χ0) is 14.9. The molecule has 1 heterocycles. The highest BCUT2D eigenvalue weighted by molar-refractivity contribution is 5.58. The predicted octanol–water partition coefficient (Wildman–Crippen LogP) is 4.25. The number of hydrogen-bond donors (Lipinski definition) is 1.